The van der Waals surface area contributed by atoms with Gasteiger partial charge in [-0.1, -0.05) is 218 Å². The van der Waals surface area contributed by atoms with Crippen LogP contribution in [0.15, 0.2) is 346 Å². The number of rotatable bonds is 12. The van der Waals surface area contributed by atoms with Crippen LogP contribution in [0.3, 0.4) is 0 Å². The summed E-state index contributed by atoms with van der Waals surface area (Å²) < 4.78 is 20.8. The van der Waals surface area contributed by atoms with Crippen LogP contribution < -0.4 is 28.9 Å². The molecule has 3 aliphatic rings. The first-order valence-electron chi connectivity index (χ1n) is 33.8. The molecule has 0 radical (unpaired) electrons. The summed E-state index contributed by atoms with van der Waals surface area (Å²) >= 11 is 0. The smallest absolute Gasteiger partial charge is 0.161 e. The van der Waals surface area contributed by atoms with Crippen LogP contribution in [0, 0.1) is 0 Å². The fraction of sp³-hybridized carbons (Fsp3) is 0. The highest BCUT2D eigenvalue weighted by atomic mass is 16.5. The molecule has 0 N–H and O–H groups in total. The van der Waals surface area contributed by atoms with Crippen LogP contribution in [0.1, 0.15) is 0 Å². The van der Waals surface area contributed by atoms with Crippen LogP contribution in [0.2, 0.25) is 0 Å². The lowest BCUT2D eigenvalue weighted by atomic mass is 10.0. The summed E-state index contributed by atoms with van der Waals surface area (Å²) in [5, 5.41) is 0. The molecule has 0 aliphatic carbocycles. The highest BCUT2D eigenvalue weighted by Gasteiger charge is 2.33. The van der Waals surface area contributed by atoms with E-state index in [1.807, 2.05) is 164 Å². The second-order valence-electron chi connectivity index (χ2n) is 25.1. The molecule has 3 aromatic heterocycles. The van der Waals surface area contributed by atoms with Crippen molar-refractivity contribution in [2.75, 3.05) is 14.7 Å². The van der Waals surface area contributed by atoms with Crippen molar-refractivity contribution in [3.05, 3.63) is 346 Å². The molecule has 3 aliphatic heterocycles. The second kappa shape index (κ2) is 25.1. The van der Waals surface area contributed by atoms with Crippen LogP contribution in [-0.2, 0) is 0 Å². The Kier molecular flexibility index (Phi) is 14.6. The Morgan fingerprint density at radius 2 is 0.373 bits per heavy atom. The predicted molar refractivity (Wildman–Crippen MR) is 406 cm³/mol. The van der Waals surface area contributed by atoms with Crippen LogP contribution in [0.4, 0.5) is 51.6 Å². The number of hydrogen-bond donors (Lipinski definition) is 0. The van der Waals surface area contributed by atoms with E-state index in [1.54, 1.807) is 0 Å². The van der Waals surface area contributed by atoms with Crippen molar-refractivity contribution in [1.82, 2.24) is 29.9 Å². The van der Waals surface area contributed by atoms with E-state index in [0.717, 1.165) is 101 Å². The molecule has 0 bridgehead atoms. The maximum absolute atomic E-state index is 6.94. The van der Waals surface area contributed by atoms with Gasteiger partial charge in [-0.05, 0) is 176 Å². The third kappa shape index (κ3) is 10.9. The Morgan fingerprint density at radius 1 is 0.176 bits per heavy atom. The number of anilines is 9. The van der Waals surface area contributed by atoms with E-state index in [-0.39, 0.29) is 0 Å². The minimum Gasteiger partial charge on any atom is -0.453 e. The van der Waals surface area contributed by atoms with Gasteiger partial charge in [-0.25, -0.2) is 29.9 Å². The third-order valence-corrected chi connectivity index (χ3v) is 18.8. The maximum Gasteiger partial charge on any atom is 0.161 e. The maximum atomic E-state index is 6.94. The van der Waals surface area contributed by atoms with Crippen molar-refractivity contribution in [2.45, 2.75) is 0 Å². The first kappa shape index (κ1) is 59.2. The topological polar surface area (TPSA) is 115 Å². The summed E-state index contributed by atoms with van der Waals surface area (Å²) in [7, 11) is 0. The molecular weight excluding hydrogens is 1260 g/mol. The van der Waals surface area contributed by atoms with Gasteiger partial charge in [0.1, 0.15) is 17.5 Å². The average molecular weight is 1310 g/mol. The fourth-order valence-electron chi connectivity index (χ4n) is 13.9. The number of hydrogen-bond acceptors (Lipinski definition) is 12. The van der Waals surface area contributed by atoms with Gasteiger partial charge in [0.2, 0.25) is 0 Å². The lowest BCUT2D eigenvalue weighted by molar-refractivity contribution is 0.477. The predicted octanol–water partition coefficient (Wildman–Crippen LogP) is 23.8. The standard InChI is InChI=1S/C90H57N9O3/c1-7-19-58(20-8-1)64-31-37-73-79(52-64)100-80-53-65(59-21-9-2-10-22-59)32-38-74(80)97(73)85-43-46-91-88(94-85)70-49-71(89-92-47-44-86(95-89)98-75-39-33-66(60-23-11-3-12-24-60)54-81(75)101-82-55-67(34-40-76(82)98)61-25-13-4-14-26-61)51-72(50-70)90-93-48-45-87(96-90)99-77-41-35-68(62-27-15-5-16-28-62)56-83(77)102-84-57-69(36-42-78(84)99)63-29-17-6-18-30-63/h1-57H. The molecule has 0 fully saturated rings. The lowest BCUT2D eigenvalue weighted by Gasteiger charge is -2.33. The molecule has 12 heteroatoms. The molecule has 0 spiro atoms. The van der Waals surface area contributed by atoms with Gasteiger partial charge in [0.25, 0.3) is 0 Å². The van der Waals surface area contributed by atoms with Crippen molar-refractivity contribution in [3.63, 3.8) is 0 Å². The zero-order valence-electron chi connectivity index (χ0n) is 54.7. The summed E-state index contributed by atoms with van der Waals surface area (Å²) in [6, 6.07) is 112. The van der Waals surface area contributed by atoms with Crippen molar-refractivity contribution < 1.29 is 14.2 Å². The normalized spacial score (nSPS) is 12.3. The Hall–Kier alpha value is -14.1. The van der Waals surface area contributed by atoms with Gasteiger partial charge >= 0.3 is 0 Å². The minimum atomic E-state index is 0.443. The molecule has 0 saturated heterocycles. The number of nitrogens with zero attached hydrogens (tertiary/aromatic N) is 9. The zero-order valence-corrected chi connectivity index (χ0v) is 54.7. The first-order chi connectivity index (χ1) is 50.5. The van der Waals surface area contributed by atoms with Gasteiger partial charge in [-0.2, -0.15) is 0 Å². The highest BCUT2D eigenvalue weighted by Crippen LogP contribution is 2.56. The van der Waals surface area contributed by atoms with Crippen LogP contribution in [0.5, 0.6) is 34.5 Å². The minimum absolute atomic E-state index is 0.443. The molecular formula is C90H57N9O3. The molecule has 6 heterocycles. The number of ether oxygens (including phenoxy) is 3. The summed E-state index contributed by atoms with van der Waals surface area (Å²) in [4.78, 5) is 38.3. The van der Waals surface area contributed by atoms with E-state index in [1.165, 1.54) is 0 Å². The van der Waals surface area contributed by atoms with Crippen LogP contribution >= 0.6 is 0 Å². The van der Waals surface area contributed by atoms with Crippen LogP contribution in [0.25, 0.3) is 101 Å². The molecule has 0 unspecified atom stereocenters. The van der Waals surface area contributed by atoms with E-state index in [0.29, 0.717) is 86.1 Å². The average Bonchev–Trinajstić information content (AvgIpc) is 0.758. The van der Waals surface area contributed by atoms with Crippen molar-refractivity contribution >= 4 is 51.6 Å². The molecule has 12 nitrogen and oxygen atoms in total. The molecule has 19 rings (SSSR count). The van der Waals surface area contributed by atoms with Gasteiger partial charge in [-0.15, -0.1) is 0 Å². The number of aromatic nitrogens is 6. The fourth-order valence-corrected chi connectivity index (χ4v) is 13.9. The van der Waals surface area contributed by atoms with Gasteiger partial charge < -0.3 is 14.2 Å². The van der Waals surface area contributed by atoms with E-state index in [9.17, 15) is 0 Å². The largest absolute Gasteiger partial charge is 0.453 e. The van der Waals surface area contributed by atoms with Crippen molar-refractivity contribution in [2.24, 2.45) is 0 Å². The molecule has 480 valence electrons. The van der Waals surface area contributed by atoms with Crippen molar-refractivity contribution in [1.29, 1.82) is 0 Å². The third-order valence-electron chi connectivity index (χ3n) is 18.8. The summed E-state index contributed by atoms with van der Waals surface area (Å²) in [5.41, 5.74) is 19.5. The van der Waals surface area contributed by atoms with E-state index >= 15 is 0 Å². The van der Waals surface area contributed by atoms with Crippen LogP contribution in [-0.4, -0.2) is 29.9 Å². The van der Waals surface area contributed by atoms with E-state index in [4.69, 9.17) is 44.1 Å². The molecule has 13 aromatic carbocycles. The summed E-state index contributed by atoms with van der Waals surface area (Å²) in [5.74, 6) is 7.32. The van der Waals surface area contributed by atoms with Gasteiger partial charge in [-0.3, -0.25) is 14.7 Å². The van der Waals surface area contributed by atoms with Gasteiger partial charge in [0.05, 0.1) is 34.1 Å². The Balaban J connectivity index is 0.772. The molecule has 0 atom stereocenters. The zero-order chi connectivity index (χ0) is 67.5. The lowest BCUT2D eigenvalue weighted by Crippen LogP contribution is -2.18. The van der Waals surface area contributed by atoms with Gasteiger partial charge in [0, 0.05) is 35.3 Å². The highest BCUT2D eigenvalue weighted by molar-refractivity contribution is 5.93. The van der Waals surface area contributed by atoms with E-state index < -0.39 is 0 Å². The number of benzene rings is 13. The summed E-state index contributed by atoms with van der Waals surface area (Å²) in [6.07, 6.45) is 5.43. The Morgan fingerprint density at radius 3 is 0.569 bits per heavy atom. The summed E-state index contributed by atoms with van der Waals surface area (Å²) in [6.45, 7) is 0. The monoisotopic (exact) mass is 1310 g/mol. The Bertz CT molecular complexity index is 5040. The molecule has 16 aromatic rings. The number of fused-ring (bicyclic) bond motifs is 6. The first-order valence-corrected chi connectivity index (χ1v) is 33.8. The molecule has 0 saturated carbocycles. The molecule has 0 amide bonds. The van der Waals surface area contributed by atoms with E-state index in [2.05, 4.69) is 197 Å². The quantitative estimate of drug-likeness (QED) is 0.116. The second-order valence-corrected chi connectivity index (χ2v) is 25.1. The Labute approximate surface area is 588 Å². The van der Waals surface area contributed by atoms with Crippen molar-refractivity contribution in [3.8, 4) is 135 Å². The SMILES string of the molecule is c1ccc(-c2ccc3c(c2)Oc2cc(-c4ccccc4)ccc2N3c2ccnc(-c3cc(-c4nccc(N5c6ccc(-c7ccccc7)cc6Oc6cc(-c7ccccc7)ccc65)n4)cc(-c4nccc(N5c6ccc(-c7ccccc7)cc6Oc6cc(-c7ccccc7)ccc65)n4)c3)n2)cc1. The molecule has 102 heavy (non-hydrogen) atoms. The van der Waals surface area contributed by atoms with Gasteiger partial charge in [0.15, 0.2) is 52.0 Å².